The van der Waals surface area contributed by atoms with Crippen LogP contribution in [0.3, 0.4) is 0 Å². The summed E-state index contributed by atoms with van der Waals surface area (Å²) < 4.78 is 0. The van der Waals surface area contributed by atoms with Crippen LogP contribution in [0.4, 0.5) is 0 Å². The Labute approximate surface area is 131 Å². The first-order valence-electron chi connectivity index (χ1n) is 3.44. The third kappa shape index (κ3) is 12.1. The molecule has 74 valence electrons. The predicted molar refractivity (Wildman–Crippen MR) is 38.1 cm³/mol. The Morgan fingerprint density at radius 2 is 1.80 bits per heavy atom. The van der Waals surface area contributed by atoms with Gasteiger partial charge < -0.3 is 30.9 Å². The summed E-state index contributed by atoms with van der Waals surface area (Å²) in [6.45, 7) is 0. The maximum Gasteiger partial charge on any atom is 1.00 e. The third-order valence-electron chi connectivity index (χ3n) is 1.25. The molecule has 0 spiro atoms. The molecule has 0 bridgehead atoms. The summed E-state index contributed by atoms with van der Waals surface area (Å²) >= 11 is 0. The number of hydrogen-bond donors (Lipinski definition) is 3. The van der Waals surface area contributed by atoms with Crippen LogP contribution >= 0.6 is 0 Å². The van der Waals surface area contributed by atoms with Crippen molar-refractivity contribution in [1.29, 1.82) is 5.41 Å². The molecule has 0 fully saturated rings. The zero-order chi connectivity index (χ0) is 10.4. The molecule has 0 rings (SSSR count). The van der Waals surface area contributed by atoms with Gasteiger partial charge in [-0.3, -0.25) is 5.41 Å². The molecule has 1 atom stereocenters. The zero-order valence-electron chi connectivity index (χ0n) is 8.70. The van der Waals surface area contributed by atoms with E-state index in [1.54, 1.807) is 0 Å². The average molecular weight is 233 g/mol. The quantitative estimate of drug-likeness (QED) is 0.244. The first-order chi connectivity index (χ1) is 5.93. The molecule has 9 heteroatoms. The average Bonchev–Trinajstić information content (AvgIpc) is 1.96. The SMILES string of the molecule is N=C(N)N[C@H](CCC(=O)[O-])C(=O)[O-].[Na+].[Na+]. The molecule has 0 aromatic heterocycles. The molecular formula is C6H9N3Na2O4. The van der Waals surface area contributed by atoms with Gasteiger partial charge in [-0.05, 0) is 12.8 Å². The smallest absolute Gasteiger partial charge is 0.550 e. The molecule has 0 saturated carbocycles. The molecule has 0 saturated heterocycles. The summed E-state index contributed by atoms with van der Waals surface area (Å²) in [7, 11) is 0. The van der Waals surface area contributed by atoms with Crippen LogP contribution in [0.2, 0.25) is 0 Å². The Balaban J connectivity index is -0.000000720. The van der Waals surface area contributed by atoms with Crippen LogP contribution in [0.15, 0.2) is 0 Å². The summed E-state index contributed by atoms with van der Waals surface area (Å²) in [6.07, 6.45) is -0.664. The number of carbonyl (C=O) groups is 2. The standard InChI is InChI=1S/C6H11N3O4.2Na/c7-6(8)9-3(5(12)13)1-2-4(10)11;;/h3H,1-2H2,(H,10,11)(H,12,13)(H4,7,8,9);;/q;2*+1/p-2/t3-;;/m1../s1. The van der Waals surface area contributed by atoms with Gasteiger partial charge in [-0.2, -0.15) is 0 Å². The fourth-order valence-corrected chi connectivity index (χ4v) is 0.699. The molecule has 0 aliphatic rings. The van der Waals surface area contributed by atoms with Crippen molar-refractivity contribution in [3.63, 3.8) is 0 Å². The molecule has 0 aliphatic carbocycles. The molecule has 0 heterocycles. The van der Waals surface area contributed by atoms with Gasteiger partial charge in [0.25, 0.3) is 0 Å². The third-order valence-corrected chi connectivity index (χ3v) is 1.25. The molecule has 0 aliphatic heterocycles. The van der Waals surface area contributed by atoms with Crippen LogP contribution < -0.4 is 80.4 Å². The molecule has 0 aromatic rings. The number of rotatable bonds is 5. The fourth-order valence-electron chi connectivity index (χ4n) is 0.699. The van der Waals surface area contributed by atoms with E-state index in [2.05, 4.69) is 0 Å². The first-order valence-corrected chi connectivity index (χ1v) is 3.44. The number of nitrogens with two attached hydrogens (primary N) is 1. The van der Waals surface area contributed by atoms with Gasteiger partial charge in [0.2, 0.25) is 0 Å². The predicted octanol–water partition coefficient (Wildman–Crippen LogP) is -9.87. The molecule has 15 heavy (non-hydrogen) atoms. The first kappa shape index (κ1) is 20.6. The van der Waals surface area contributed by atoms with E-state index in [1.165, 1.54) is 0 Å². The van der Waals surface area contributed by atoms with Crippen LogP contribution in [0.25, 0.3) is 0 Å². The van der Waals surface area contributed by atoms with E-state index in [-0.39, 0.29) is 65.5 Å². The normalized spacial score (nSPS) is 10.1. The summed E-state index contributed by atoms with van der Waals surface area (Å²) in [5.74, 6) is -3.42. The minimum absolute atomic E-state index is 0. The van der Waals surface area contributed by atoms with Gasteiger partial charge in [0, 0.05) is 5.97 Å². The second-order valence-electron chi connectivity index (χ2n) is 2.34. The fraction of sp³-hybridized carbons (Fsp3) is 0.500. The number of nitrogens with one attached hydrogen (secondary N) is 2. The topological polar surface area (TPSA) is 142 Å². The van der Waals surface area contributed by atoms with E-state index in [0.29, 0.717) is 0 Å². The molecule has 0 unspecified atom stereocenters. The van der Waals surface area contributed by atoms with Crippen molar-refractivity contribution < 1.29 is 78.9 Å². The molecule has 7 nitrogen and oxygen atoms in total. The number of aliphatic carboxylic acids is 2. The Morgan fingerprint density at radius 3 is 2.07 bits per heavy atom. The summed E-state index contributed by atoms with van der Waals surface area (Å²) in [5.41, 5.74) is 4.86. The van der Waals surface area contributed by atoms with E-state index >= 15 is 0 Å². The largest absolute Gasteiger partial charge is 1.00 e. The Morgan fingerprint density at radius 1 is 1.33 bits per heavy atom. The maximum atomic E-state index is 10.3. The monoisotopic (exact) mass is 233 g/mol. The van der Waals surface area contributed by atoms with Gasteiger partial charge in [-0.1, -0.05) is 0 Å². The minimum Gasteiger partial charge on any atom is -0.550 e. The maximum absolute atomic E-state index is 10.3. The van der Waals surface area contributed by atoms with Crippen molar-refractivity contribution in [2.45, 2.75) is 18.9 Å². The van der Waals surface area contributed by atoms with Gasteiger partial charge in [0.1, 0.15) is 0 Å². The van der Waals surface area contributed by atoms with Crippen molar-refractivity contribution in [3.05, 3.63) is 0 Å². The molecular weight excluding hydrogens is 224 g/mol. The summed E-state index contributed by atoms with van der Waals surface area (Å²) in [5, 5.41) is 29.0. The van der Waals surface area contributed by atoms with E-state index < -0.39 is 30.4 Å². The van der Waals surface area contributed by atoms with Crippen molar-refractivity contribution in [3.8, 4) is 0 Å². The second kappa shape index (κ2) is 10.7. The van der Waals surface area contributed by atoms with Crippen LogP contribution in [0.5, 0.6) is 0 Å². The van der Waals surface area contributed by atoms with Crippen molar-refractivity contribution >= 4 is 17.9 Å². The molecule has 0 amide bonds. The second-order valence-corrected chi connectivity index (χ2v) is 2.34. The van der Waals surface area contributed by atoms with Crippen molar-refractivity contribution in [2.24, 2.45) is 5.73 Å². The number of carbonyl (C=O) groups excluding carboxylic acids is 2. The molecule has 0 radical (unpaired) electrons. The van der Waals surface area contributed by atoms with Crippen LogP contribution in [0.1, 0.15) is 12.8 Å². The van der Waals surface area contributed by atoms with E-state index in [9.17, 15) is 19.8 Å². The zero-order valence-corrected chi connectivity index (χ0v) is 12.7. The van der Waals surface area contributed by atoms with Gasteiger partial charge >= 0.3 is 59.1 Å². The van der Waals surface area contributed by atoms with E-state index in [4.69, 9.17) is 11.1 Å². The Bertz CT molecular complexity index is 236. The van der Waals surface area contributed by atoms with Gasteiger partial charge in [0.15, 0.2) is 5.96 Å². The van der Waals surface area contributed by atoms with Crippen LogP contribution in [0, 0.1) is 5.41 Å². The van der Waals surface area contributed by atoms with Gasteiger partial charge in [-0.15, -0.1) is 0 Å². The van der Waals surface area contributed by atoms with E-state index in [1.807, 2.05) is 5.32 Å². The molecule has 4 N–H and O–H groups in total. The number of carboxylic acid groups (broad SMARTS) is 2. The Hall–Kier alpha value is 0.210. The summed E-state index contributed by atoms with van der Waals surface area (Å²) in [4.78, 5) is 20.3. The van der Waals surface area contributed by atoms with E-state index in [0.717, 1.165) is 0 Å². The van der Waals surface area contributed by atoms with Crippen molar-refractivity contribution in [1.82, 2.24) is 5.32 Å². The van der Waals surface area contributed by atoms with Crippen LogP contribution in [-0.2, 0) is 9.59 Å². The summed E-state index contributed by atoms with van der Waals surface area (Å²) in [6, 6.07) is -1.27. The number of hydrogen-bond acceptors (Lipinski definition) is 5. The number of guanidine groups is 1. The van der Waals surface area contributed by atoms with Crippen LogP contribution in [-0.4, -0.2) is 23.9 Å². The van der Waals surface area contributed by atoms with Gasteiger partial charge in [-0.25, -0.2) is 0 Å². The van der Waals surface area contributed by atoms with Gasteiger partial charge in [0.05, 0.1) is 12.0 Å². The molecule has 0 aromatic carbocycles. The minimum atomic E-state index is -1.50. The van der Waals surface area contributed by atoms with Crippen molar-refractivity contribution in [2.75, 3.05) is 0 Å². The number of carboxylic acids is 2. The Kier molecular flexibility index (Phi) is 14.7.